The summed E-state index contributed by atoms with van der Waals surface area (Å²) < 4.78 is 54.1. The third kappa shape index (κ3) is 15.0. The molecule has 12 rings (SSSR count). The van der Waals surface area contributed by atoms with Gasteiger partial charge in [0.2, 0.25) is 0 Å². The highest BCUT2D eigenvalue weighted by molar-refractivity contribution is 6.32. The number of carbonyl (C=O) groups excluding carboxylic acids is 1. The average Bonchev–Trinajstić information content (AvgIpc) is 3.38. The van der Waals surface area contributed by atoms with Gasteiger partial charge in [0, 0.05) is 84.4 Å². The number of nitriles is 2. The number of aromatic nitrogens is 2. The molecule has 4 heterocycles. The van der Waals surface area contributed by atoms with E-state index in [1.54, 1.807) is 48.8 Å². The van der Waals surface area contributed by atoms with Crippen LogP contribution in [0, 0.1) is 34.3 Å². The smallest absolute Gasteiger partial charge is 0.153 e. The Balaban J connectivity index is 0.000000171. The highest BCUT2D eigenvalue weighted by Crippen LogP contribution is 2.45. The number of benzene rings is 6. The van der Waals surface area contributed by atoms with Gasteiger partial charge in [0.1, 0.15) is 72.2 Å². The summed E-state index contributed by atoms with van der Waals surface area (Å²) in [5.74, 6) is 1.35. The lowest BCUT2D eigenvalue weighted by molar-refractivity contribution is 0.0787. The van der Waals surface area contributed by atoms with E-state index < -0.39 is 0 Å². The second-order valence-electron chi connectivity index (χ2n) is 21.3. The van der Waals surface area contributed by atoms with Crippen LogP contribution in [0.3, 0.4) is 0 Å². The Kier molecular flexibility index (Phi) is 20.1. The lowest BCUT2D eigenvalue weighted by atomic mass is 9.96. The standard InChI is InChI=1S/C34H31ClFN3O3.C29H20ClFN2O3.C5H11NO/c35-30-15-24(20-39-12-10-25(40)11-13-39)33(41-21-23-14-22(17-37)18-38-19-23)16-34(30)42-32-9-8-27-26(5-3-6-29(27)32)28-4-1-2-7-31(28)36;30-25-11-20(16-34)28(35-17-19-10-18(13-32)14-33-15-19)12-29(25)36-27-9-8-22-21(5-3-6-24(22)27)23-4-1-2-7-26(23)31;7-5-1-3-6-4-2-5/h1-7,14-16,18-19,25,32,40H,8-13,20-21H2;1-7,10-12,14-16,27H,8-9,17H2;5-7H,1-4H2/t32-;27-;/m00./s1. The molecular formula is C68H62Cl2F2N6O7. The summed E-state index contributed by atoms with van der Waals surface area (Å²) in [7, 11) is 0. The van der Waals surface area contributed by atoms with E-state index in [1.807, 2.05) is 72.8 Å². The SMILES string of the molecule is N#Cc1cncc(COc2cc(O[C@H]3CCc4c(-c5ccccc5F)cccc43)c(Cl)cc2C=O)c1.N#Cc1cncc(COc2cc(O[C@H]3CCc4c(-c5ccccc5F)cccc43)c(Cl)cc2CN2CCC(O)CC2)c1.OC1CCNCC1. The number of fused-ring (bicyclic) bond motifs is 2. The highest BCUT2D eigenvalue weighted by Gasteiger charge is 2.31. The summed E-state index contributed by atoms with van der Waals surface area (Å²) in [5, 5.41) is 41.1. The summed E-state index contributed by atoms with van der Waals surface area (Å²) in [6.07, 6.45) is 12.4. The zero-order valence-electron chi connectivity index (χ0n) is 46.5. The number of ether oxygens (including phenoxy) is 4. The van der Waals surface area contributed by atoms with Crippen LogP contribution in [-0.2, 0) is 32.6 Å². The Hall–Kier alpha value is -8.25. The molecule has 85 heavy (non-hydrogen) atoms. The van der Waals surface area contributed by atoms with Crippen molar-refractivity contribution in [1.29, 1.82) is 10.5 Å². The van der Waals surface area contributed by atoms with E-state index in [1.165, 1.54) is 30.6 Å². The molecule has 0 unspecified atom stereocenters. The van der Waals surface area contributed by atoms with Crippen molar-refractivity contribution in [3.05, 3.63) is 223 Å². The first kappa shape index (κ1) is 59.9. The van der Waals surface area contributed by atoms with Gasteiger partial charge in [0.05, 0.1) is 38.9 Å². The monoisotopic (exact) mass is 1180 g/mol. The lowest BCUT2D eigenvalue weighted by Crippen LogP contribution is -2.35. The number of pyridine rings is 2. The maximum atomic E-state index is 14.6. The first-order valence-corrected chi connectivity index (χ1v) is 29.1. The van der Waals surface area contributed by atoms with Gasteiger partial charge in [-0.3, -0.25) is 19.7 Å². The average molecular weight is 1180 g/mol. The maximum absolute atomic E-state index is 14.6. The zero-order valence-corrected chi connectivity index (χ0v) is 48.0. The van der Waals surface area contributed by atoms with E-state index in [0.717, 1.165) is 116 Å². The van der Waals surface area contributed by atoms with Crippen LogP contribution in [0.2, 0.25) is 10.0 Å². The van der Waals surface area contributed by atoms with Gasteiger partial charge in [-0.2, -0.15) is 10.5 Å². The fourth-order valence-corrected chi connectivity index (χ4v) is 11.6. The minimum absolute atomic E-state index is 0.0266. The topological polar surface area (TPSA) is 183 Å². The van der Waals surface area contributed by atoms with Gasteiger partial charge in [0.25, 0.3) is 0 Å². The van der Waals surface area contributed by atoms with Crippen LogP contribution in [0.5, 0.6) is 23.0 Å². The lowest BCUT2D eigenvalue weighted by Gasteiger charge is -2.30. The number of nitrogens with one attached hydrogen (secondary N) is 1. The number of rotatable bonds is 15. The Morgan fingerprint density at radius 2 is 1.07 bits per heavy atom. The van der Waals surface area contributed by atoms with Crippen LogP contribution in [-0.4, -0.2) is 69.8 Å². The predicted molar refractivity (Wildman–Crippen MR) is 321 cm³/mol. The van der Waals surface area contributed by atoms with Crippen LogP contribution in [0.25, 0.3) is 22.3 Å². The van der Waals surface area contributed by atoms with Crippen molar-refractivity contribution in [2.24, 2.45) is 0 Å². The maximum Gasteiger partial charge on any atom is 0.153 e. The molecule has 2 atom stereocenters. The van der Waals surface area contributed by atoms with Gasteiger partial charge in [-0.05, 0) is 134 Å². The van der Waals surface area contributed by atoms with Crippen LogP contribution in [0.1, 0.15) is 111 Å². The molecule has 4 aliphatic rings. The van der Waals surface area contributed by atoms with E-state index >= 15 is 0 Å². The zero-order chi connectivity index (χ0) is 59.2. The van der Waals surface area contributed by atoms with Crippen molar-refractivity contribution in [1.82, 2.24) is 20.2 Å². The van der Waals surface area contributed by atoms with E-state index in [0.29, 0.717) is 75.1 Å². The van der Waals surface area contributed by atoms with E-state index in [4.69, 9.17) is 52.5 Å². The van der Waals surface area contributed by atoms with E-state index in [2.05, 4.69) is 26.3 Å². The summed E-state index contributed by atoms with van der Waals surface area (Å²) in [5.41, 5.74) is 10.6. The molecule has 17 heteroatoms. The molecule has 2 aliphatic carbocycles. The number of likely N-dealkylation sites (tertiary alicyclic amines) is 1. The van der Waals surface area contributed by atoms with Gasteiger partial charge in [-0.15, -0.1) is 0 Å². The minimum Gasteiger partial charge on any atom is -0.488 e. The molecule has 2 aliphatic heterocycles. The van der Waals surface area contributed by atoms with Crippen molar-refractivity contribution in [2.75, 3.05) is 26.2 Å². The molecule has 6 aromatic carbocycles. The van der Waals surface area contributed by atoms with E-state index in [-0.39, 0.29) is 59.9 Å². The van der Waals surface area contributed by atoms with Gasteiger partial charge in [-0.1, -0.05) is 96.0 Å². The Morgan fingerprint density at radius 3 is 1.56 bits per heavy atom. The van der Waals surface area contributed by atoms with Crippen molar-refractivity contribution in [3.63, 3.8) is 0 Å². The molecule has 0 saturated carbocycles. The number of halogens is 4. The Morgan fingerprint density at radius 1 is 0.588 bits per heavy atom. The summed E-state index contributed by atoms with van der Waals surface area (Å²) in [4.78, 5) is 22.1. The molecule has 8 aromatic rings. The summed E-state index contributed by atoms with van der Waals surface area (Å²) in [6.45, 7) is 4.51. The van der Waals surface area contributed by atoms with Crippen LogP contribution >= 0.6 is 23.2 Å². The number of carbonyl (C=O) groups is 1. The third-order valence-electron chi connectivity index (χ3n) is 15.5. The number of nitrogens with zero attached hydrogens (tertiary/aromatic N) is 5. The van der Waals surface area contributed by atoms with Crippen molar-refractivity contribution >= 4 is 29.5 Å². The molecule has 13 nitrogen and oxygen atoms in total. The predicted octanol–water partition coefficient (Wildman–Crippen LogP) is 13.6. The van der Waals surface area contributed by atoms with Gasteiger partial charge >= 0.3 is 0 Å². The Bertz CT molecular complexity index is 3750. The Labute approximate surface area is 503 Å². The fraction of sp³-hybridized carbons (Fsp3) is 0.279. The molecule has 434 valence electrons. The number of piperidine rings is 2. The second-order valence-corrected chi connectivity index (χ2v) is 22.1. The first-order valence-electron chi connectivity index (χ1n) is 28.4. The molecule has 0 radical (unpaired) electrons. The van der Waals surface area contributed by atoms with Crippen molar-refractivity contribution < 1.29 is 42.7 Å². The molecule has 2 saturated heterocycles. The molecular weight excluding hydrogens is 1120 g/mol. The van der Waals surface area contributed by atoms with Gasteiger partial charge < -0.3 is 34.5 Å². The van der Waals surface area contributed by atoms with Crippen LogP contribution < -0.4 is 24.3 Å². The molecule has 0 spiro atoms. The molecule has 0 amide bonds. The quantitative estimate of drug-likeness (QED) is 0.0825. The summed E-state index contributed by atoms with van der Waals surface area (Å²) in [6, 6.07) is 39.8. The number of hydrogen-bond acceptors (Lipinski definition) is 13. The molecule has 3 N–H and O–H groups in total. The third-order valence-corrected chi connectivity index (χ3v) is 16.1. The number of aldehydes is 1. The van der Waals surface area contributed by atoms with Crippen molar-refractivity contribution in [2.45, 2.75) is 95.5 Å². The molecule has 0 bridgehead atoms. The van der Waals surface area contributed by atoms with Crippen LogP contribution in [0.4, 0.5) is 8.78 Å². The second kappa shape index (κ2) is 28.6. The largest absolute Gasteiger partial charge is 0.488 e. The van der Waals surface area contributed by atoms with Crippen molar-refractivity contribution in [3.8, 4) is 57.4 Å². The van der Waals surface area contributed by atoms with Crippen LogP contribution in [0.15, 0.2) is 146 Å². The fourth-order valence-electron chi connectivity index (χ4n) is 11.1. The number of aliphatic hydroxyl groups excluding tert-OH is 2. The number of hydrogen-bond donors (Lipinski definition) is 3. The molecule has 2 fully saturated rings. The minimum atomic E-state index is -0.282. The molecule has 2 aromatic heterocycles. The number of aliphatic hydroxyl groups is 2. The normalized spacial score (nSPS) is 16.5. The van der Waals surface area contributed by atoms with Gasteiger partial charge in [-0.25, -0.2) is 8.78 Å². The van der Waals surface area contributed by atoms with E-state index in [9.17, 15) is 23.9 Å². The highest BCUT2D eigenvalue weighted by atomic mass is 35.5. The summed E-state index contributed by atoms with van der Waals surface area (Å²) >= 11 is 13.3. The van der Waals surface area contributed by atoms with Gasteiger partial charge in [0.15, 0.2) is 6.29 Å². The first-order chi connectivity index (χ1) is 41.4.